The second-order valence-electron chi connectivity index (χ2n) is 8.63. The molecule has 0 saturated carbocycles. The molecule has 2 amide bonds. The van der Waals surface area contributed by atoms with E-state index in [-0.39, 0.29) is 5.91 Å². The number of amides is 2. The van der Waals surface area contributed by atoms with Crippen LogP contribution in [0, 0.1) is 6.92 Å². The Balaban J connectivity index is 1.62. The van der Waals surface area contributed by atoms with E-state index in [4.69, 9.17) is 0 Å². The number of hydrogen-bond acceptors (Lipinski definition) is 6. The number of aliphatic hydroxyl groups is 1. The molecule has 0 radical (unpaired) electrons. The first kappa shape index (κ1) is 21.8. The maximum absolute atomic E-state index is 12.8. The predicted molar refractivity (Wildman–Crippen MR) is 122 cm³/mol. The zero-order valence-corrected chi connectivity index (χ0v) is 18.6. The SMILES string of the molecule is Cc1cc2nc(NC(=O)c3ccc(C(C)(C)O)cc3)cc(N3CCCN(C=O)CC3)n2n1. The van der Waals surface area contributed by atoms with Gasteiger partial charge in [-0.3, -0.25) is 9.59 Å². The van der Waals surface area contributed by atoms with Crippen molar-refractivity contribution in [2.24, 2.45) is 0 Å². The average molecular weight is 437 g/mol. The summed E-state index contributed by atoms with van der Waals surface area (Å²) >= 11 is 0. The first-order valence-corrected chi connectivity index (χ1v) is 10.7. The third kappa shape index (κ3) is 4.57. The van der Waals surface area contributed by atoms with Crippen LogP contribution >= 0.6 is 0 Å². The molecular formula is C23H28N6O3. The van der Waals surface area contributed by atoms with Gasteiger partial charge in [-0.25, -0.2) is 4.98 Å². The summed E-state index contributed by atoms with van der Waals surface area (Å²) in [5, 5.41) is 17.6. The van der Waals surface area contributed by atoms with E-state index >= 15 is 0 Å². The van der Waals surface area contributed by atoms with Crippen LogP contribution in [0.25, 0.3) is 5.65 Å². The largest absolute Gasteiger partial charge is 0.386 e. The van der Waals surface area contributed by atoms with E-state index in [9.17, 15) is 14.7 Å². The van der Waals surface area contributed by atoms with Crippen LogP contribution in [0.4, 0.5) is 11.6 Å². The van der Waals surface area contributed by atoms with Gasteiger partial charge in [0.25, 0.3) is 5.91 Å². The van der Waals surface area contributed by atoms with Crippen LogP contribution in [0.2, 0.25) is 0 Å². The van der Waals surface area contributed by atoms with E-state index < -0.39 is 5.60 Å². The van der Waals surface area contributed by atoms with Crippen molar-refractivity contribution in [2.45, 2.75) is 32.8 Å². The van der Waals surface area contributed by atoms with Crippen LogP contribution in [-0.4, -0.2) is 63.1 Å². The number of anilines is 2. The van der Waals surface area contributed by atoms with Gasteiger partial charge in [0.05, 0.1) is 11.3 Å². The number of nitrogens with zero attached hydrogens (tertiary/aromatic N) is 5. The average Bonchev–Trinajstić information content (AvgIpc) is 2.97. The molecule has 1 aromatic carbocycles. The Morgan fingerprint density at radius 2 is 1.88 bits per heavy atom. The minimum absolute atomic E-state index is 0.283. The third-order valence-electron chi connectivity index (χ3n) is 5.63. The summed E-state index contributed by atoms with van der Waals surface area (Å²) < 4.78 is 1.78. The van der Waals surface area contributed by atoms with Crippen molar-refractivity contribution in [3.63, 3.8) is 0 Å². The van der Waals surface area contributed by atoms with Gasteiger partial charge in [0.2, 0.25) is 6.41 Å². The molecule has 0 atom stereocenters. The molecule has 4 rings (SSSR count). The molecular weight excluding hydrogens is 408 g/mol. The van der Waals surface area contributed by atoms with E-state index in [0.717, 1.165) is 43.0 Å². The van der Waals surface area contributed by atoms with Crippen molar-refractivity contribution >= 4 is 29.6 Å². The number of rotatable bonds is 5. The summed E-state index contributed by atoms with van der Waals surface area (Å²) in [5.74, 6) is 0.971. The number of aryl methyl sites for hydroxylation is 1. The highest BCUT2D eigenvalue weighted by molar-refractivity contribution is 6.04. The maximum atomic E-state index is 12.8. The molecule has 1 saturated heterocycles. The van der Waals surface area contributed by atoms with Gasteiger partial charge < -0.3 is 20.2 Å². The highest BCUT2D eigenvalue weighted by Crippen LogP contribution is 2.24. The van der Waals surface area contributed by atoms with Gasteiger partial charge in [-0.15, -0.1) is 0 Å². The van der Waals surface area contributed by atoms with Crippen molar-refractivity contribution < 1.29 is 14.7 Å². The Labute approximate surface area is 186 Å². The molecule has 2 aromatic heterocycles. The summed E-state index contributed by atoms with van der Waals surface area (Å²) in [6.07, 6.45) is 1.73. The van der Waals surface area contributed by atoms with Gasteiger partial charge in [-0.05, 0) is 44.9 Å². The molecule has 0 spiro atoms. The lowest BCUT2D eigenvalue weighted by Gasteiger charge is -2.23. The maximum Gasteiger partial charge on any atom is 0.256 e. The van der Waals surface area contributed by atoms with Crippen molar-refractivity contribution in [1.29, 1.82) is 0 Å². The van der Waals surface area contributed by atoms with Gasteiger partial charge in [0.15, 0.2) is 5.65 Å². The number of hydrogen-bond donors (Lipinski definition) is 2. The van der Waals surface area contributed by atoms with Crippen molar-refractivity contribution in [2.75, 3.05) is 36.4 Å². The van der Waals surface area contributed by atoms with E-state index in [1.807, 2.05) is 19.1 Å². The van der Waals surface area contributed by atoms with Gasteiger partial charge in [-0.1, -0.05) is 12.1 Å². The summed E-state index contributed by atoms with van der Waals surface area (Å²) in [4.78, 5) is 32.5. The molecule has 168 valence electrons. The molecule has 1 aliphatic rings. The van der Waals surface area contributed by atoms with E-state index in [2.05, 4.69) is 20.3 Å². The summed E-state index contributed by atoms with van der Waals surface area (Å²) in [5.41, 5.74) is 1.71. The summed E-state index contributed by atoms with van der Waals surface area (Å²) in [6, 6.07) is 10.5. The smallest absolute Gasteiger partial charge is 0.256 e. The summed E-state index contributed by atoms with van der Waals surface area (Å²) in [7, 11) is 0. The van der Waals surface area contributed by atoms with Crippen molar-refractivity contribution in [3.8, 4) is 0 Å². The summed E-state index contributed by atoms with van der Waals surface area (Å²) in [6.45, 7) is 8.09. The van der Waals surface area contributed by atoms with E-state index in [1.165, 1.54) is 0 Å². The second-order valence-corrected chi connectivity index (χ2v) is 8.63. The van der Waals surface area contributed by atoms with Crippen molar-refractivity contribution in [1.82, 2.24) is 19.5 Å². The fourth-order valence-corrected chi connectivity index (χ4v) is 3.85. The quantitative estimate of drug-likeness (QED) is 0.595. The highest BCUT2D eigenvalue weighted by atomic mass is 16.3. The second kappa shape index (κ2) is 8.58. The Bertz CT molecular complexity index is 1130. The zero-order chi connectivity index (χ0) is 22.9. The van der Waals surface area contributed by atoms with Crippen LogP contribution in [0.3, 0.4) is 0 Å². The van der Waals surface area contributed by atoms with Gasteiger partial charge in [0.1, 0.15) is 11.6 Å². The normalized spacial score (nSPS) is 15.0. The van der Waals surface area contributed by atoms with Crippen LogP contribution in [0.5, 0.6) is 0 Å². The number of fused-ring (bicyclic) bond motifs is 1. The molecule has 9 nitrogen and oxygen atoms in total. The lowest BCUT2D eigenvalue weighted by Crippen LogP contribution is -2.31. The Hall–Kier alpha value is -3.46. The van der Waals surface area contributed by atoms with E-state index in [0.29, 0.717) is 30.1 Å². The molecule has 32 heavy (non-hydrogen) atoms. The van der Waals surface area contributed by atoms with Crippen molar-refractivity contribution in [3.05, 3.63) is 53.2 Å². The standard InChI is InChI=1S/C23H28N6O3/c1-16-13-20-24-19(25-22(31)17-5-7-18(8-6-17)23(2,3)32)14-21(29(20)26-16)28-10-4-9-27(15-30)11-12-28/h5-8,13-15,32H,4,9-12H2,1-3H3,(H,24,25,31). The minimum atomic E-state index is -0.969. The fourth-order valence-electron chi connectivity index (χ4n) is 3.85. The zero-order valence-electron chi connectivity index (χ0n) is 18.6. The molecule has 9 heteroatoms. The monoisotopic (exact) mass is 436 g/mol. The molecule has 3 aromatic rings. The molecule has 2 N–H and O–H groups in total. The number of benzene rings is 1. The Kier molecular flexibility index (Phi) is 5.84. The Morgan fingerprint density at radius 1 is 1.12 bits per heavy atom. The molecule has 0 bridgehead atoms. The lowest BCUT2D eigenvalue weighted by atomic mass is 9.97. The molecule has 0 aliphatic carbocycles. The molecule has 1 aliphatic heterocycles. The van der Waals surface area contributed by atoms with Gasteiger partial charge >= 0.3 is 0 Å². The lowest BCUT2D eigenvalue weighted by molar-refractivity contribution is -0.117. The first-order valence-electron chi connectivity index (χ1n) is 10.7. The fraction of sp³-hybridized carbons (Fsp3) is 0.391. The topological polar surface area (TPSA) is 103 Å². The predicted octanol–water partition coefficient (Wildman–Crippen LogP) is 2.19. The molecule has 1 fully saturated rings. The number of carbonyl (C=O) groups excluding carboxylic acids is 2. The van der Waals surface area contributed by atoms with Gasteiger partial charge in [0, 0.05) is 43.9 Å². The third-order valence-corrected chi connectivity index (χ3v) is 5.63. The van der Waals surface area contributed by atoms with Crippen LogP contribution in [0.1, 0.15) is 41.9 Å². The number of carbonyl (C=O) groups is 2. The Morgan fingerprint density at radius 3 is 2.56 bits per heavy atom. The molecule has 3 heterocycles. The van der Waals surface area contributed by atoms with Gasteiger partial charge in [-0.2, -0.15) is 9.61 Å². The minimum Gasteiger partial charge on any atom is -0.386 e. The van der Waals surface area contributed by atoms with Crippen LogP contribution in [-0.2, 0) is 10.4 Å². The van der Waals surface area contributed by atoms with Crippen LogP contribution in [0.15, 0.2) is 36.4 Å². The van der Waals surface area contributed by atoms with Crippen LogP contribution < -0.4 is 10.2 Å². The first-order chi connectivity index (χ1) is 15.2. The number of aromatic nitrogens is 3. The number of nitrogens with one attached hydrogen (secondary N) is 1. The molecule has 0 unspecified atom stereocenters. The highest BCUT2D eigenvalue weighted by Gasteiger charge is 2.20. The van der Waals surface area contributed by atoms with E-state index in [1.54, 1.807) is 47.5 Å².